The topological polar surface area (TPSA) is 88.5 Å². The summed E-state index contributed by atoms with van der Waals surface area (Å²) in [7, 11) is 0. The summed E-state index contributed by atoms with van der Waals surface area (Å²) < 4.78 is 3.99. The average molecular weight is 419 g/mol. The number of nitrogens with zero attached hydrogens (tertiary/aromatic N) is 6. The molecule has 1 saturated heterocycles. The molecule has 1 aliphatic heterocycles. The molecule has 0 radical (unpaired) electrons. The van der Waals surface area contributed by atoms with Crippen LogP contribution in [0, 0.1) is 12.3 Å². The highest BCUT2D eigenvalue weighted by Crippen LogP contribution is 2.40. The number of carbonyl (C=O) groups is 1. The van der Waals surface area contributed by atoms with Gasteiger partial charge in [0.05, 0.1) is 23.8 Å². The number of rotatable bonds is 2. The maximum atomic E-state index is 11.8. The molecule has 2 atom stereocenters. The lowest BCUT2D eigenvalue weighted by Gasteiger charge is -2.36. The van der Waals surface area contributed by atoms with Crippen molar-refractivity contribution >= 4 is 22.6 Å². The van der Waals surface area contributed by atoms with E-state index in [1.807, 2.05) is 48.7 Å². The number of fused-ring (bicyclic) bond motifs is 3. The number of pyridine rings is 2. The first-order valence-corrected chi connectivity index (χ1v) is 10.5. The molecule has 1 aliphatic rings. The van der Waals surface area contributed by atoms with Crippen molar-refractivity contribution in [2.75, 3.05) is 6.54 Å². The van der Waals surface area contributed by atoms with Crippen LogP contribution in [-0.4, -0.2) is 52.8 Å². The van der Waals surface area contributed by atoms with E-state index in [0.29, 0.717) is 6.54 Å². The Balaban J connectivity index is 1.54. The number of hydrogen-bond acceptors (Lipinski definition) is 4. The summed E-state index contributed by atoms with van der Waals surface area (Å²) in [6, 6.07) is 3.96. The van der Waals surface area contributed by atoms with Gasteiger partial charge in [-0.15, -0.1) is 0 Å². The van der Waals surface area contributed by atoms with Crippen LogP contribution in [0.4, 0.5) is 4.79 Å². The summed E-state index contributed by atoms with van der Waals surface area (Å²) in [6.45, 7) is 8.80. The summed E-state index contributed by atoms with van der Waals surface area (Å²) in [4.78, 5) is 22.5. The van der Waals surface area contributed by atoms with Crippen molar-refractivity contribution in [3.05, 3.63) is 48.8 Å². The summed E-state index contributed by atoms with van der Waals surface area (Å²) >= 11 is 0. The zero-order valence-corrected chi connectivity index (χ0v) is 18.1. The van der Waals surface area contributed by atoms with E-state index in [2.05, 4.69) is 46.3 Å². The molecule has 8 heteroatoms. The first kappa shape index (κ1) is 19.5. The third kappa shape index (κ3) is 3.13. The zero-order chi connectivity index (χ0) is 21.9. The van der Waals surface area contributed by atoms with Crippen LogP contribution >= 0.6 is 0 Å². The Bertz CT molecular complexity index is 1300. The molecule has 31 heavy (non-hydrogen) atoms. The number of aromatic nitrogens is 5. The van der Waals surface area contributed by atoms with Gasteiger partial charge in [0.25, 0.3) is 0 Å². The minimum Gasteiger partial charge on any atom is -0.465 e. The monoisotopic (exact) mass is 418 g/mol. The second kappa shape index (κ2) is 6.80. The maximum Gasteiger partial charge on any atom is 0.407 e. The van der Waals surface area contributed by atoms with Crippen molar-refractivity contribution in [1.82, 2.24) is 29.0 Å². The molecular weight excluding hydrogens is 392 g/mol. The summed E-state index contributed by atoms with van der Waals surface area (Å²) in [5, 5.41) is 15.3. The van der Waals surface area contributed by atoms with Crippen LogP contribution in [0.2, 0.25) is 0 Å². The van der Waals surface area contributed by atoms with Gasteiger partial charge in [-0.2, -0.15) is 5.10 Å². The van der Waals surface area contributed by atoms with Crippen molar-refractivity contribution in [3.63, 3.8) is 0 Å². The van der Waals surface area contributed by atoms with Gasteiger partial charge in [0.2, 0.25) is 0 Å². The van der Waals surface area contributed by atoms with Crippen LogP contribution in [0.15, 0.2) is 43.1 Å². The first-order valence-electron chi connectivity index (χ1n) is 10.5. The minimum absolute atomic E-state index is 0.0000760. The molecule has 4 aromatic heterocycles. The van der Waals surface area contributed by atoms with E-state index in [1.165, 1.54) is 0 Å². The highest BCUT2D eigenvalue weighted by molar-refractivity contribution is 5.94. The van der Waals surface area contributed by atoms with Gasteiger partial charge in [-0.25, -0.2) is 9.78 Å². The second-order valence-corrected chi connectivity index (χ2v) is 9.42. The van der Waals surface area contributed by atoms with Gasteiger partial charge in [0.15, 0.2) is 0 Å². The lowest BCUT2D eigenvalue weighted by molar-refractivity contribution is 0.0906. The molecule has 1 fully saturated rings. The fourth-order valence-corrected chi connectivity index (χ4v) is 4.90. The third-order valence-corrected chi connectivity index (χ3v) is 6.30. The van der Waals surface area contributed by atoms with E-state index >= 15 is 0 Å². The van der Waals surface area contributed by atoms with Crippen LogP contribution in [-0.2, 0) is 0 Å². The quantitative estimate of drug-likeness (QED) is 0.521. The molecule has 0 aromatic carbocycles. The number of hydrogen-bond donors (Lipinski definition) is 1. The predicted molar refractivity (Wildman–Crippen MR) is 118 cm³/mol. The Labute approximate surface area is 180 Å². The molecule has 0 bridgehead atoms. The average Bonchev–Trinajstić information content (AvgIpc) is 3.45. The highest BCUT2D eigenvalue weighted by atomic mass is 16.4. The Hall–Kier alpha value is -3.42. The van der Waals surface area contributed by atoms with Crippen LogP contribution in [0.1, 0.15) is 38.9 Å². The molecule has 5 heterocycles. The predicted octanol–water partition coefficient (Wildman–Crippen LogP) is 4.39. The van der Waals surface area contributed by atoms with E-state index in [9.17, 15) is 9.90 Å². The normalized spacial score (nSPS) is 19.5. The molecular formula is C23H26N6O2. The third-order valence-electron chi connectivity index (χ3n) is 6.30. The van der Waals surface area contributed by atoms with E-state index in [4.69, 9.17) is 0 Å². The second-order valence-electron chi connectivity index (χ2n) is 9.42. The number of amides is 1. The lowest BCUT2D eigenvalue weighted by atomic mass is 9.83. The van der Waals surface area contributed by atoms with Gasteiger partial charge < -0.3 is 14.4 Å². The number of imidazole rings is 1. The first-order chi connectivity index (χ1) is 14.7. The molecule has 2 unspecified atom stereocenters. The Morgan fingerprint density at radius 3 is 2.71 bits per heavy atom. The van der Waals surface area contributed by atoms with Crippen LogP contribution in [0.5, 0.6) is 0 Å². The smallest absolute Gasteiger partial charge is 0.407 e. The van der Waals surface area contributed by atoms with Crippen molar-refractivity contribution < 1.29 is 9.90 Å². The molecule has 4 aromatic rings. The van der Waals surface area contributed by atoms with E-state index < -0.39 is 6.09 Å². The van der Waals surface area contributed by atoms with Crippen LogP contribution in [0.3, 0.4) is 0 Å². The fourth-order valence-electron chi connectivity index (χ4n) is 4.90. The van der Waals surface area contributed by atoms with Crippen molar-refractivity contribution in [2.45, 2.75) is 46.2 Å². The van der Waals surface area contributed by atoms with Gasteiger partial charge in [-0.1, -0.05) is 20.8 Å². The highest BCUT2D eigenvalue weighted by Gasteiger charge is 2.45. The Morgan fingerprint density at radius 2 is 1.97 bits per heavy atom. The zero-order valence-electron chi connectivity index (χ0n) is 18.1. The van der Waals surface area contributed by atoms with E-state index in [-0.39, 0.29) is 17.5 Å². The van der Waals surface area contributed by atoms with Crippen LogP contribution in [0.25, 0.3) is 27.7 Å². The Kier molecular flexibility index (Phi) is 4.28. The molecule has 8 nitrogen and oxygen atoms in total. The lowest BCUT2D eigenvalue weighted by Crippen LogP contribution is -2.46. The van der Waals surface area contributed by atoms with Gasteiger partial charge in [0.1, 0.15) is 5.65 Å². The van der Waals surface area contributed by atoms with E-state index in [1.54, 1.807) is 4.90 Å². The fraction of sp³-hybridized carbons (Fsp3) is 0.391. The number of likely N-dealkylation sites (tertiary alicyclic amines) is 1. The van der Waals surface area contributed by atoms with Gasteiger partial charge in [-0.3, -0.25) is 9.67 Å². The van der Waals surface area contributed by atoms with Crippen molar-refractivity contribution in [2.24, 2.45) is 5.41 Å². The molecule has 0 spiro atoms. The maximum absolute atomic E-state index is 11.8. The molecule has 1 N–H and O–H groups in total. The van der Waals surface area contributed by atoms with E-state index in [0.717, 1.165) is 39.8 Å². The minimum atomic E-state index is -0.868. The van der Waals surface area contributed by atoms with Crippen LogP contribution < -0.4 is 0 Å². The molecule has 5 rings (SSSR count). The molecule has 160 valence electrons. The number of aryl methyl sites for hydroxylation is 1. The summed E-state index contributed by atoms with van der Waals surface area (Å²) in [5.74, 6) is 0. The standard InChI is InChI=1S/C23H26N6O2/c1-14-10-25-21-17-9-15(11-24-18(17)5-7-27(14)21)16-12-26-29(13-16)19-6-8-28(22(30)31)20(19)23(2,3)4/h5,7,9-13,19-20H,6,8H2,1-4H3,(H,30,31). The van der Waals surface area contributed by atoms with Crippen molar-refractivity contribution in [1.29, 1.82) is 0 Å². The molecule has 1 amide bonds. The molecule has 0 saturated carbocycles. The largest absolute Gasteiger partial charge is 0.465 e. The molecule has 0 aliphatic carbocycles. The number of carboxylic acid groups (broad SMARTS) is 1. The van der Waals surface area contributed by atoms with Gasteiger partial charge >= 0.3 is 6.09 Å². The van der Waals surface area contributed by atoms with Crippen molar-refractivity contribution in [3.8, 4) is 11.1 Å². The van der Waals surface area contributed by atoms with Gasteiger partial charge in [0, 0.05) is 53.5 Å². The Morgan fingerprint density at radius 1 is 1.16 bits per heavy atom. The summed E-state index contributed by atoms with van der Waals surface area (Å²) in [6.07, 6.45) is 9.44. The summed E-state index contributed by atoms with van der Waals surface area (Å²) in [5.41, 5.74) is 4.59. The SMILES string of the molecule is Cc1cnc2c3cc(-c4cnn(C5CCN(C(=O)O)C5C(C)(C)C)c4)cnc3ccn12. The van der Waals surface area contributed by atoms with Gasteiger partial charge in [-0.05, 0) is 30.9 Å².